The van der Waals surface area contributed by atoms with E-state index < -0.39 is 26.1 Å². The molecule has 0 bridgehead atoms. The third-order valence-electron chi connectivity index (χ3n) is 2.72. The topological polar surface area (TPSA) is 147 Å². The molecule has 0 saturated heterocycles. The lowest BCUT2D eigenvalue weighted by molar-refractivity contribution is -0.137. The minimum Gasteiger partial charge on any atom is -0.481 e. The minimum atomic E-state index is -1.84. The molecule has 0 spiro atoms. The summed E-state index contributed by atoms with van der Waals surface area (Å²) in [7, 11) is -3.61. The van der Waals surface area contributed by atoms with Gasteiger partial charge in [0.15, 0.2) is 0 Å². The molecule has 0 atom stereocenters. The molecule has 0 aliphatic heterocycles. The first-order valence-electron chi connectivity index (χ1n) is 6.19. The first-order valence-corrected chi connectivity index (χ1v) is 6.19. The van der Waals surface area contributed by atoms with Gasteiger partial charge in [0.2, 0.25) is 5.91 Å². The molecule has 0 fully saturated rings. The van der Waals surface area contributed by atoms with Crippen molar-refractivity contribution in [2.45, 2.75) is 19.3 Å². The van der Waals surface area contributed by atoms with Crippen LogP contribution in [0.25, 0.3) is 0 Å². The highest BCUT2D eigenvalue weighted by molar-refractivity contribution is 6.62. The molecule has 10 heteroatoms. The average molecular weight is 295 g/mol. The number of nitrogens with one attached hydrogen (secondary N) is 1. The van der Waals surface area contributed by atoms with Gasteiger partial charge in [-0.1, -0.05) is 12.1 Å². The van der Waals surface area contributed by atoms with Gasteiger partial charge in [-0.15, -0.1) is 0 Å². The van der Waals surface area contributed by atoms with Crippen molar-refractivity contribution >= 4 is 42.7 Å². The molecule has 0 aliphatic carbocycles. The smallest absolute Gasteiger partial charge is 0.481 e. The van der Waals surface area contributed by atoms with Gasteiger partial charge < -0.3 is 30.5 Å². The van der Waals surface area contributed by atoms with E-state index >= 15 is 0 Å². The summed E-state index contributed by atoms with van der Waals surface area (Å²) in [6.45, 7) is 0. The highest BCUT2D eigenvalue weighted by Crippen LogP contribution is 2.05. The molecule has 0 aromatic heterocycles. The van der Waals surface area contributed by atoms with E-state index in [1.807, 2.05) is 0 Å². The van der Waals surface area contributed by atoms with Gasteiger partial charge in [0.1, 0.15) is 0 Å². The Balaban J connectivity index is 2.81. The standard InChI is InChI=1S/C11H15B2NO7/c15-10(2-1-3-11(16)17)14-9-6-7(12(18)19)4-5-8(9)13(20)21/h4-6,18-21H,1-3H2,(H,14,15)(H,16,17). The molecule has 0 saturated carbocycles. The van der Waals surface area contributed by atoms with Crippen molar-refractivity contribution < 1.29 is 34.8 Å². The highest BCUT2D eigenvalue weighted by atomic mass is 16.4. The van der Waals surface area contributed by atoms with E-state index in [1.165, 1.54) is 18.2 Å². The Kier molecular flexibility index (Phi) is 6.38. The molecule has 1 rings (SSSR count). The summed E-state index contributed by atoms with van der Waals surface area (Å²) in [6, 6.07) is 3.72. The van der Waals surface area contributed by atoms with Gasteiger partial charge in [-0.3, -0.25) is 9.59 Å². The van der Waals surface area contributed by atoms with Crippen LogP contribution in [0.5, 0.6) is 0 Å². The second kappa shape index (κ2) is 7.79. The van der Waals surface area contributed by atoms with Crippen LogP contribution in [0.2, 0.25) is 0 Å². The summed E-state index contributed by atoms with van der Waals surface area (Å²) < 4.78 is 0. The summed E-state index contributed by atoms with van der Waals surface area (Å²) >= 11 is 0. The van der Waals surface area contributed by atoms with Gasteiger partial charge in [-0.05, 0) is 17.9 Å². The van der Waals surface area contributed by atoms with Crippen molar-refractivity contribution in [1.29, 1.82) is 0 Å². The second-order valence-corrected chi connectivity index (χ2v) is 4.39. The molecule has 1 amide bonds. The Morgan fingerprint density at radius 1 is 1.05 bits per heavy atom. The molecule has 0 radical (unpaired) electrons. The number of hydrogen-bond acceptors (Lipinski definition) is 6. The number of carbonyl (C=O) groups excluding carboxylic acids is 1. The van der Waals surface area contributed by atoms with Crippen molar-refractivity contribution in [3.63, 3.8) is 0 Å². The molecule has 21 heavy (non-hydrogen) atoms. The van der Waals surface area contributed by atoms with Gasteiger partial charge in [-0.2, -0.15) is 0 Å². The summed E-state index contributed by atoms with van der Waals surface area (Å²) in [4.78, 5) is 22.0. The van der Waals surface area contributed by atoms with E-state index in [9.17, 15) is 19.6 Å². The molecular weight excluding hydrogens is 280 g/mol. The lowest BCUT2D eigenvalue weighted by atomic mass is 9.73. The Morgan fingerprint density at radius 3 is 2.24 bits per heavy atom. The molecule has 112 valence electrons. The molecule has 0 aliphatic rings. The van der Waals surface area contributed by atoms with Crippen molar-refractivity contribution in [1.82, 2.24) is 0 Å². The molecule has 0 heterocycles. The van der Waals surface area contributed by atoms with Crippen LogP contribution < -0.4 is 16.2 Å². The van der Waals surface area contributed by atoms with Gasteiger partial charge in [0.05, 0.1) is 0 Å². The number of carboxylic acid groups (broad SMARTS) is 1. The molecule has 8 nitrogen and oxygen atoms in total. The van der Waals surface area contributed by atoms with Crippen LogP contribution in [0.15, 0.2) is 18.2 Å². The van der Waals surface area contributed by atoms with Crippen LogP contribution in [0, 0.1) is 0 Å². The van der Waals surface area contributed by atoms with E-state index in [0.29, 0.717) is 0 Å². The number of aliphatic carboxylic acids is 1. The zero-order chi connectivity index (χ0) is 16.0. The molecular formula is C11H15B2NO7. The fourth-order valence-electron chi connectivity index (χ4n) is 1.68. The van der Waals surface area contributed by atoms with E-state index in [4.69, 9.17) is 15.2 Å². The average Bonchev–Trinajstić information content (AvgIpc) is 2.37. The van der Waals surface area contributed by atoms with E-state index in [0.717, 1.165) is 0 Å². The van der Waals surface area contributed by atoms with Gasteiger partial charge in [-0.25, -0.2) is 0 Å². The number of carbonyl (C=O) groups is 2. The fraction of sp³-hybridized carbons (Fsp3) is 0.273. The number of anilines is 1. The largest absolute Gasteiger partial charge is 0.490 e. The van der Waals surface area contributed by atoms with Crippen LogP contribution in [-0.2, 0) is 9.59 Å². The van der Waals surface area contributed by atoms with Crippen molar-refractivity contribution in [2.24, 2.45) is 0 Å². The van der Waals surface area contributed by atoms with E-state index in [2.05, 4.69) is 5.32 Å². The second-order valence-electron chi connectivity index (χ2n) is 4.39. The summed E-state index contributed by atoms with van der Waals surface area (Å²) in [5.41, 5.74) is 0.0853. The lowest BCUT2D eigenvalue weighted by Gasteiger charge is -2.12. The Labute approximate surface area is 121 Å². The Hall–Kier alpha value is -1.87. The van der Waals surface area contributed by atoms with Crippen LogP contribution in [0.4, 0.5) is 5.69 Å². The maximum Gasteiger partial charge on any atom is 0.490 e. The molecule has 1 aromatic rings. The highest BCUT2D eigenvalue weighted by Gasteiger charge is 2.20. The number of hydrogen-bond donors (Lipinski definition) is 6. The number of rotatable bonds is 7. The fourth-order valence-corrected chi connectivity index (χ4v) is 1.68. The molecule has 6 N–H and O–H groups in total. The Bertz CT molecular complexity index is 521. The zero-order valence-corrected chi connectivity index (χ0v) is 11.1. The molecule has 1 aromatic carbocycles. The van der Waals surface area contributed by atoms with Crippen LogP contribution in [0.3, 0.4) is 0 Å². The quantitative estimate of drug-likeness (QED) is 0.298. The van der Waals surface area contributed by atoms with E-state index in [-0.39, 0.29) is 35.9 Å². The van der Waals surface area contributed by atoms with E-state index in [1.54, 1.807) is 0 Å². The summed E-state index contributed by atoms with van der Waals surface area (Å²) in [5, 5.41) is 47.4. The zero-order valence-electron chi connectivity index (χ0n) is 11.1. The van der Waals surface area contributed by atoms with Crippen molar-refractivity contribution in [3.05, 3.63) is 18.2 Å². The summed E-state index contributed by atoms with van der Waals surface area (Å²) in [6.07, 6.45) is -0.0715. The monoisotopic (exact) mass is 295 g/mol. The van der Waals surface area contributed by atoms with Crippen molar-refractivity contribution in [2.75, 3.05) is 5.32 Å². The van der Waals surface area contributed by atoms with Gasteiger partial charge >= 0.3 is 20.2 Å². The number of benzene rings is 1. The third kappa shape index (κ3) is 5.56. The maximum absolute atomic E-state index is 11.7. The SMILES string of the molecule is O=C(O)CCCC(=O)Nc1cc(B(O)O)ccc1B(O)O. The predicted octanol–water partition coefficient (Wildman–Crippen LogP) is -2.76. The minimum absolute atomic E-state index is 0.00835. The first kappa shape index (κ1) is 17.2. The molecule has 0 unspecified atom stereocenters. The third-order valence-corrected chi connectivity index (χ3v) is 2.72. The van der Waals surface area contributed by atoms with Crippen LogP contribution >= 0.6 is 0 Å². The number of carboxylic acids is 1. The normalized spacial score (nSPS) is 10.1. The van der Waals surface area contributed by atoms with Gasteiger partial charge in [0, 0.05) is 24.0 Å². The summed E-state index contributed by atoms with van der Waals surface area (Å²) in [5.74, 6) is -1.53. The maximum atomic E-state index is 11.7. The van der Waals surface area contributed by atoms with Gasteiger partial charge in [0.25, 0.3) is 0 Å². The number of amides is 1. The lowest BCUT2D eigenvalue weighted by Crippen LogP contribution is -2.38. The van der Waals surface area contributed by atoms with Crippen LogP contribution in [-0.4, -0.2) is 51.3 Å². The van der Waals surface area contributed by atoms with Crippen molar-refractivity contribution in [3.8, 4) is 0 Å². The van der Waals surface area contributed by atoms with Crippen LogP contribution in [0.1, 0.15) is 19.3 Å². The first-order chi connectivity index (χ1) is 9.81. The Morgan fingerprint density at radius 2 is 1.71 bits per heavy atom. The predicted molar refractivity (Wildman–Crippen MR) is 76.2 cm³/mol.